The molecule has 0 bridgehead atoms. The fourth-order valence-electron chi connectivity index (χ4n) is 5.15. The van der Waals surface area contributed by atoms with Crippen molar-refractivity contribution in [1.82, 2.24) is 9.99 Å². The maximum atomic E-state index is 13.0. The minimum Gasteiger partial charge on any atom is -0.494 e. The molecule has 0 atom stereocenters. The maximum Gasteiger partial charge on any atom is 0.341 e. The molecule has 1 saturated carbocycles. The second kappa shape index (κ2) is 8.80. The van der Waals surface area contributed by atoms with Crippen LogP contribution in [0.5, 0.6) is 5.75 Å². The zero-order chi connectivity index (χ0) is 24.1. The number of carbonyl (C=O) groups is 1. The molecule has 0 amide bonds. The summed E-state index contributed by atoms with van der Waals surface area (Å²) >= 11 is 1.77. The van der Waals surface area contributed by atoms with Crippen molar-refractivity contribution in [2.24, 2.45) is 5.10 Å². The molecule has 1 aromatic carbocycles. The molecule has 6 rings (SSSR count). The minimum atomic E-state index is -1.23. The van der Waals surface area contributed by atoms with Crippen LogP contribution >= 0.6 is 11.3 Å². The molecule has 0 radical (unpaired) electrons. The van der Waals surface area contributed by atoms with E-state index in [0.717, 1.165) is 66.9 Å². The highest BCUT2D eigenvalue weighted by molar-refractivity contribution is 7.16. The molecule has 2 N–H and O–H groups in total. The number of thiophene rings is 1. The van der Waals surface area contributed by atoms with Crippen LogP contribution < -0.4 is 10.2 Å². The van der Waals surface area contributed by atoms with Crippen LogP contribution in [0.1, 0.15) is 58.0 Å². The lowest BCUT2D eigenvalue weighted by atomic mass is 9.94. The Morgan fingerprint density at radius 3 is 2.77 bits per heavy atom. The summed E-state index contributed by atoms with van der Waals surface area (Å²) in [6.07, 6.45) is 6.42. The third-order valence-corrected chi connectivity index (χ3v) is 8.26. The molecule has 2 aromatic heterocycles. The highest BCUT2D eigenvalue weighted by atomic mass is 32.1. The summed E-state index contributed by atoms with van der Waals surface area (Å²) in [6, 6.07) is 4.12. The van der Waals surface area contributed by atoms with Crippen molar-refractivity contribution in [3.63, 3.8) is 0 Å². The highest BCUT2D eigenvalue weighted by Gasteiger charge is 2.32. The van der Waals surface area contributed by atoms with Crippen LogP contribution in [0.3, 0.4) is 0 Å². The lowest BCUT2D eigenvalue weighted by Gasteiger charge is -2.26. The normalized spacial score (nSPS) is 19.2. The molecular weight excluding hydrogens is 466 g/mol. The first-order valence-corrected chi connectivity index (χ1v) is 12.9. The fourth-order valence-corrected chi connectivity index (χ4v) is 6.44. The largest absolute Gasteiger partial charge is 0.494 e. The molecule has 3 heterocycles. The van der Waals surface area contributed by atoms with Crippen LogP contribution in [-0.4, -0.2) is 60.2 Å². The number of aromatic amines is 1. The minimum absolute atomic E-state index is 0.260. The van der Waals surface area contributed by atoms with Gasteiger partial charge >= 0.3 is 5.97 Å². The van der Waals surface area contributed by atoms with Gasteiger partial charge in [0.1, 0.15) is 5.56 Å². The summed E-state index contributed by atoms with van der Waals surface area (Å²) in [6.45, 7) is 3.04. The van der Waals surface area contributed by atoms with Gasteiger partial charge in [-0.15, -0.1) is 11.3 Å². The van der Waals surface area contributed by atoms with Crippen LogP contribution in [0.4, 0.5) is 0 Å². The van der Waals surface area contributed by atoms with E-state index in [-0.39, 0.29) is 5.56 Å². The standard InChI is InChI=1S/C26H27N3O5S/c1-33-25-22(15(14-5-6-14)11-17-23(25)27-13-18(24(17)30)26(31)32)21-12-16-19(3-2-4-20(16)35-21)28-29-7-9-34-10-8-29/h11-14H,2-10H2,1H3,(H,27,30)(H,31,32)/b28-19+. The predicted octanol–water partition coefficient (Wildman–Crippen LogP) is 4.21. The Morgan fingerprint density at radius 1 is 1.26 bits per heavy atom. The number of methoxy groups -OCH3 is 1. The van der Waals surface area contributed by atoms with Crippen molar-refractivity contribution < 1.29 is 19.4 Å². The van der Waals surface area contributed by atoms with Crippen LogP contribution in [0.25, 0.3) is 21.3 Å². The molecule has 2 aliphatic carbocycles. The monoisotopic (exact) mass is 493 g/mol. The Balaban J connectivity index is 1.52. The number of rotatable bonds is 5. The van der Waals surface area contributed by atoms with Crippen LogP contribution in [0, 0.1) is 0 Å². The van der Waals surface area contributed by atoms with Gasteiger partial charge in [-0.1, -0.05) is 0 Å². The van der Waals surface area contributed by atoms with Gasteiger partial charge < -0.3 is 19.6 Å². The molecule has 9 heteroatoms. The van der Waals surface area contributed by atoms with Crippen molar-refractivity contribution in [1.29, 1.82) is 0 Å². The molecule has 0 spiro atoms. The average molecular weight is 494 g/mol. The van der Waals surface area contributed by atoms with E-state index in [0.29, 0.717) is 35.8 Å². The van der Waals surface area contributed by atoms with Crippen molar-refractivity contribution >= 4 is 33.9 Å². The summed E-state index contributed by atoms with van der Waals surface area (Å²) in [4.78, 5) is 30.0. The predicted molar refractivity (Wildman–Crippen MR) is 135 cm³/mol. The first kappa shape index (κ1) is 22.3. The molecule has 35 heavy (non-hydrogen) atoms. The van der Waals surface area contributed by atoms with Crippen LogP contribution in [0.2, 0.25) is 0 Å². The molecule has 0 unspecified atom stereocenters. The number of nitrogens with one attached hydrogen (secondary N) is 1. The number of aromatic nitrogens is 1. The van der Waals surface area contributed by atoms with Crippen LogP contribution in [0.15, 0.2) is 28.2 Å². The fraction of sp³-hybridized carbons (Fsp3) is 0.423. The van der Waals surface area contributed by atoms with Crippen molar-refractivity contribution in [2.75, 3.05) is 33.4 Å². The van der Waals surface area contributed by atoms with Gasteiger partial charge in [-0.2, -0.15) is 5.10 Å². The maximum absolute atomic E-state index is 13.0. The number of carboxylic acids is 1. The molecule has 8 nitrogen and oxygen atoms in total. The number of aryl methyl sites for hydroxylation is 1. The van der Waals surface area contributed by atoms with Gasteiger partial charge in [0.15, 0.2) is 5.75 Å². The van der Waals surface area contributed by atoms with E-state index in [2.05, 4.69) is 16.1 Å². The number of fused-ring (bicyclic) bond motifs is 2. The number of carboxylic acid groups (broad SMARTS) is 1. The van der Waals surface area contributed by atoms with Gasteiger partial charge in [-0.3, -0.25) is 9.80 Å². The smallest absolute Gasteiger partial charge is 0.341 e. The number of hydrogen-bond acceptors (Lipinski definition) is 7. The first-order valence-electron chi connectivity index (χ1n) is 12.1. The summed E-state index contributed by atoms with van der Waals surface area (Å²) in [5, 5.41) is 16.9. The number of pyridine rings is 1. The zero-order valence-corrected chi connectivity index (χ0v) is 20.4. The van der Waals surface area contributed by atoms with Crippen molar-refractivity contribution in [3.05, 3.63) is 50.1 Å². The summed E-state index contributed by atoms with van der Waals surface area (Å²) in [7, 11) is 1.61. The summed E-state index contributed by atoms with van der Waals surface area (Å²) in [5.41, 5.74) is 4.20. The molecule has 3 aromatic rings. The zero-order valence-electron chi connectivity index (χ0n) is 19.6. The Morgan fingerprint density at radius 2 is 2.06 bits per heavy atom. The third-order valence-electron chi connectivity index (χ3n) is 7.05. The van der Waals surface area contributed by atoms with Gasteiger partial charge in [-0.25, -0.2) is 4.79 Å². The topological polar surface area (TPSA) is 104 Å². The van der Waals surface area contributed by atoms with E-state index >= 15 is 0 Å². The number of benzene rings is 1. The van der Waals surface area contributed by atoms with E-state index < -0.39 is 11.4 Å². The molecule has 182 valence electrons. The van der Waals surface area contributed by atoms with Gasteiger partial charge in [0.2, 0.25) is 5.43 Å². The second-order valence-corrected chi connectivity index (χ2v) is 10.5. The lowest BCUT2D eigenvalue weighted by Crippen LogP contribution is -2.33. The summed E-state index contributed by atoms with van der Waals surface area (Å²) in [5.74, 6) is -0.289. The Bertz CT molecular complexity index is 1410. The molecule has 3 aliphatic rings. The second-order valence-electron chi connectivity index (χ2n) is 9.32. The molecular formula is C26H27N3O5S. The number of aromatic carboxylic acids is 1. The van der Waals surface area contributed by atoms with Gasteiger partial charge in [-0.05, 0) is 55.7 Å². The van der Waals surface area contributed by atoms with E-state index in [1.165, 1.54) is 16.6 Å². The number of ether oxygens (including phenoxy) is 2. The van der Waals surface area contributed by atoms with Gasteiger partial charge in [0.05, 0.1) is 50.0 Å². The number of H-pyrrole nitrogens is 1. The lowest BCUT2D eigenvalue weighted by molar-refractivity contribution is 0.0392. The number of hydrogen-bond donors (Lipinski definition) is 2. The van der Waals surface area contributed by atoms with Gasteiger partial charge in [0.25, 0.3) is 0 Å². The number of nitrogens with zero attached hydrogens (tertiary/aromatic N) is 2. The number of morpholine rings is 1. The SMILES string of the molecule is COc1c(-c2cc3c(s2)CCC/C3=N\N2CCOCC2)c(C2CC2)cc2c(=O)c(C(=O)O)c[nH]c12. The average Bonchev–Trinajstić information content (AvgIpc) is 3.62. The van der Waals surface area contributed by atoms with Gasteiger partial charge in [0, 0.05) is 27.1 Å². The Labute approximate surface area is 206 Å². The molecule has 1 aliphatic heterocycles. The van der Waals surface area contributed by atoms with E-state index in [1.807, 2.05) is 6.07 Å². The first-order chi connectivity index (χ1) is 17.0. The van der Waals surface area contributed by atoms with E-state index in [9.17, 15) is 14.7 Å². The van der Waals surface area contributed by atoms with Crippen molar-refractivity contribution in [3.8, 4) is 16.2 Å². The molecule has 2 fully saturated rings. The number of hydrazone groups is 1. The third kappa shape index (κ3) is 3.92. The Kier molecular flexibility index (Phi) is 5.61. The molecule has 1 saturated heterocycles. The van der Waals surface area contributed by atoms with E-state index in [4.69, 9.17) is 14.6 Å². The Hall–Kier alpha value is -3.17. The summed E-state index contributed by atoms with van der Waals surface area (Å²) < 4.78 is 11.4. The quantitative estimate of drug-likeness (QED) is 0.552. The highest BCUT2D eigenvalue weighted by Crippen LogP contribution is 2.51. The van der Waals surface area contributed by atoms with Crippen molar-refractivity contribution in [2.45, 2.75) is 38.0 Å². The van der Waals surface area contributed by atoms with E-state index in [1.54, 1.807) is 18.4 Å². The van der Waals surface area contributed by atoms with Crippen LogP contribution in [-0.2, 0) is 11.2 Å².